The van der Waals surface area contributed by atoms with E-state index in [0.29, 0.717) is 16.9 Å². The third-order valence-corrected chi connectivity index (χ3v) is 5.48. The smallest absolute Gasteiger partial charge is 0.255 e. The average molecular weight is 410 g/mol. The van der Waals surface area contributed by atoms with Crippen LogP contribution in [0.1, 0.15) is 10.4 Å². The molecule has 1 amide bonds. The molecule has 1 saturated heterocycles. The maximum Gasteiger partial charge on any atom is 0.255 e. The van der Waals surface area contributed by atoms with Crippen LogP contribution in [0.25, 0.3) is 10.9 Å². The Labute approximate surface area is 175 Å². The van der Waals surface area contributed by atoms with Gasteiger partial charge in [0.1, 0.15) is 5.82 Å². The van der Waals surface area contributed by atoms with E-state index in [9.17, 15) is 9.18 Å². The summed E-state index contributed by atoms with van der Waals surface area (Å²) in [6.07, 6.45) is 2.08. The number of carbonyl (C=O) groups is 1. The van der Waals surface area contributed by atoms with Crippen LogP contribution in [0, 0.1) is 5.82 Å². The Balaban J connectivity index is 1.43. The van der Waals surface area contributed by atoms with Gasteiger partial charge in [0.2, 0.25) is 0 Å². The van der Waals surface area contributed by atoms with Gasteiger partial charge in [-0.1, -0.05) is 0 Å². The number of benzene rings is 2. The molecule has 30 heavy (non-hydrogen) atoms. The van der Waals surface area contributed by atoms with Crippen molar-refractivity contribution in [3.05, 3.63) is 60.0 Å². The number of rotatable bonds is 6. The number of ether oxygens (including phenoxy) is 1. The van der Waals surface area contributed by atoms with Crippen molar-refractivity contribution in [2.24, 2.45) is 0 Å². The SMILES string of the molecule is CN(C)c1ccc(C(=O)Nc2ccc3c(ccn3CCN3CCOCC3)c2)cc1F. The second-order valence-corrected chi connectivity index (χ2v) is 7.75. The molecular formula is C23H27FN4O2. The molecule has 1 aromatic heterocycles. The molecule has 158 valence electrons. The predicted molar refractivity (Wildman–Crippen MR) is 118 cm³/mol. The molecule has 0 atom stereocenters. The van der Waals surface area contributed by atoms with Crippen LogP contribution in [0.4, 0.5) is 15.8 Å². The highest BCUT2D eigenvalue weighted by Gasteiger charge is 2.13. The highest BCUT2D eigenvalue weighted by atomic mass is 19.1. The first-order chi connectivity index (χ1) is 14.5. The second-order valence-electron chi connectivity index (χ2n) is 7.75. The first-order valence-corrected chi connectivity index (χ1v) is 10.2. The maximum atomic E-state index is 14.2. The number of nitrogens with one attached hydrogen (secondary N) is 1. The maximum absolute atomic E-state index is 14.2. The molecule has 0 bridgehead atoms. The van der Waals surface area contributed by atoms with Crippen LogP contribution in [0.5, 0.6) is 0 Å². The van der Waals surface area contributed by atoms with E-state index in [4.69, 9.17) is 4.74 Å². The molecule has 3 aromatic rings. The van der Waals surface area contributed by atoms with Crippen molar-refractivity contribution in [3.8, 4) is 0 Å². The minimum absolute atomic E-state index is 0.293. The largest absolute Gasteiger partial charge is 0.379 e. The average Bonchev–Trinajstić information content (AvgIpc) is 3.15. The summed E-state index contributed by atoms with van der Waals surface area (Å²) in [6, 6.07) is 12.4. The van der Waals surface area contributed by atoms with Crippen molar-refractivity contribution in [3.63, 3.8) is 0 Å². The Morgan fingerprint density at radius 3 is 2.63 bits per heavy atom. The van der Waals surface area contributed by atoms with Crippen molar-refractivity contribution >= 4 is 28.2 Å². The number of morpholine rings is 1. The summed E-state index contributed by atoms with van der Waals surface area (Å²) in [5, 5.41) is 3.93. The van der Waals surface area contributed by atoms with E-state index < -0.39 is 5.82 Å². The normalized spacial score (nSPS) is 14.8. The molecule has 1 aliphatic rings. The summed E-state index contributed by atoms with van der Waals surface area (Å²) in [6.45, 7) is 5.46. The van der Waals surface area contributed by atoms with Crippen molar-refractivity contribution in [2.75, 3.05) is 57.2 Å². The topological polar surface area (TPSA) is 49.7 Å². The molecule has 4 rings (SSSR count). The highest BCUT2D eigenvalue weighted by molar-refractivity contribution is 6.05. The lowest BCUT2D eigenvalue weighted by Gasteiger charge is -2.26. The standard InChI is InChI=1S/C23H27FN4O2/c1-26(2)22-5-3-18(16-20(22)24)23(29)25-19-4-6-21-17(15-19)7-8-28(21)10-9-27-11-13-30-14-12-27/h3-8,15-16H,9-14H2,1-2H3,(H,25,29). The van der Waals surface area contributed by atoms with Gasteiger partial charge in [-0.3, -0.25) is 9.69 Å². The van der Waals surface area contributed by atoms with Crippen LogP contribution < -0.4 is 10.2 Å². The summed E-state index contributed by atoms with van der Waals surface area (Å²) in [7, 11) is 3.53. The molecule has 0 saturated carbocycles. The lowest BCUT2D eigenvalue weighted by molar-refractivity contribution is 0.0365. The van der Waals surface area contributed by atoms with Crippen molar-refractivity contribution < 1.29 is 13.9 Å². The molecule has 2 heterocycles. The number of aromatic nitrogens is 1. The van der Waals surface area contributed by atoms with Crippen LogP contribution in [0.2, 0.25) is 0 Å². The van der Waals surface area contributed by atoms with Gasteiger partial charge in [-0.25, -0.2) is 4.39 Å². The highest BCUT2D eigenvalue weighted by Crippen LogP contribution is 2.23. The Morgan fingerprint density at radius 2 is 1.90 bits per heavy atom. The van der Waals surface area contributed by atoms with Crippen LogP contribution in [-0.4, -0.2) is 62.3 Å². The zero-order valence-corrected chi connectivity index (χ0v) is 17.4. The van der Waals surface area contributed by atoms with E-state index in [-0.39, 0.29) is 5.91 Å². The summed E-state index contributed by atoms with van der Waals surface area (Å²) in [5.74, 6) is -0.745. The third kappa shape index (κ3) is 4.47. The van der Waals surface area contributed by atoms with Gasteiger partial charge in [0.25, 0.3) is 5.91 Å². The van der Waals surface area contributed by atoms with E-state index in [1.807, 2.05) is 18.2 Å². The monoisotopic (exact) mass is 410 g/mol. The number of carbonyl (C=O) groups excluding carboxylic acids is 1. The molecule has 0 radical (unpaired) electrons. The first kappa shape index (κ1) is 20.4. The first-order valence-electron chi connectivity index (χ1n) is 10.2. The molecule has 1 N–H and O–H groups in total. The molecular weight excluding hydrogens is 383 g/mol. The molecule has 1 fully saturated rings. The van der Waals surface area contributed by atoms with E-state index in [0.717, 1.165) is 50.3 Å². The van der Waals surface area contributed by atoms with Gasteiger partial charge < -0.3 is 19.5 Å². The molecule has 1 aliphatic heterocycles. The number of halogens is 1. The Kier molecular flexibility index (Phi) is 6.01. The van der Waals surface area contributed by atoms with Crippen LogP contribution in [0.15, 0.2) is 48.7 Å². The number of nitrogens with zero attached hydrogens (tertiary/aromatic N) is 3. The van der Waals surface area contributed by atoms with E-state index in [1.165, 1.54) is 6.07 Å². The van der Waals surface area contributed by atoms with Crippen molar-refractivity contribution in [2.45, 2.75) is 6.54 Å². The fraction of sp³-hybridized carbons (Fsp3) is 0.348. The van der Waals surface area contributed by atoms with Gasteiger partial charge in [0.05, 0.1) is 18.9 Å². The lowest BCUT2D eigenvalue weighted by atomic mass is 10.1. The summed E-state index contributed by atoms with van der Waals surface area (Å²) >= 11 is 0. The number of amides is 1. The Morgan fingerprint density at radius 1 is 1.10 bits per heavy atom. The Hall–Kier alpha value is -2.90. The summed E-state index contributed by atoms with van der Waals surface area (Å²) in [4.78, 5) is 16.6. The lowest BCUT2D eigenvalue weighted by Crippen LogP contribution is -2.38. The molecule has 7 heteroatoms. The van der Waals surface area contributed by atoms with E-state index in [1.54, 1.807) is 31.1 Å². The minimum Gasteiger partial charge on any atom is -0.379 e. The van der Waals surface area contributed by atoms with E-state index >= 15 is 0 Å². The zero-order chi connectivity index (χ0) is 21.1. The van der Waals surface area contributed by atoms with Gasteiger partial charge in [-0.15, -0.1) is 0 Å². The molecule has 2 aromatic carbocycles. The van der Waals surface area contributed by atoms with Gasteiger partial charge in [-0.2, -0.15) is 0 Å². The van der Waals surface area contributed by atoms with Gasteiger partial charge in [-0.05, 0) is 42.5 Å². The number of hydrogen-bond acceptors (Lipinski definition) is 4. The Bertz CT molecular complexity index is 1040. The zero-order valence-electron chi connectivity index (χ0n) is 17.4. The quantitative estimate of drug-likeness (QED) is 0.677. The summed E-state index contributed by atoms with van der Waals surface area (Å²) in [5.41, 5.74) is 2.56. The third-order valence-electron chi connectivity index (χ3n) is 5.48. The molecule has 0 unspecified atom stereocenters. The fourth-order valence-electron chi connectivity index (χ4n) is 3.76. The second kappa shape index (κ2) is 8.85. The molecule has 6 nitrogen and oxygen atoms in total. The van der Waals surface area contributed by atoms with Crippen LogP contribution in [0.3, 0.4) is 0 Å². The predicted octanol–water partition coefficient (Wildman–Crippen LogP) is 3.43. The number of hydrogen-bond donors (Lipinski definition) is 1. The minimum atomic E-state index is -0.416. The number of anilines is 2. The number of fused-ring (bicyclic) bond motifs is 1. The van der Waals surface area contributed by atoms with Crippen molar-refractivity contribution in [1.82, 2.24) is 9.47 Å². The van der Waals surface area contributed by atoms with Gasteiger partial charge in [0.15, 0.2) is 0 Å². The van der Waals surface area contributed by atoms with Gasteiger partial charge >= 0.3 is 0 Å². The fourth-order valence-corrected chi connectivity index (χ4v) is 3.76. The molecule has 0 aliphatic carbocycles. The van der Waals surface area contributed by atoms with Crippen LogP contribution in [-0.2, 0) is 11.3 Å². The van der Waals surface area contributed by atoms with Crippen LogP contribution >= 0.6 is 0 Å². The van der Waals surface area contributed by atoms with Crippen molar-refractivity contribution in [1.29, 1.82) is 0 Å². The van der Waals surface area contributed by atoms with Gasteiger partial charge in [0, 0.05) is 68.6 Å². The summed E-state index contributed by atoms with van der Waals surface area (Å²) < 4.78 is 21.8. The molecule has 0 spiro atoms. The van der Waals surface area contributed by atoms with E-state index in [2.05, 4.69) is 27.0 Å².